The number of aromatic nitrogens is 1. The number of nitrogens with zero attached hydrogens (tertiary/aromatic N) is 2. The molecular formula is C19H23N3O3. The van der Waals surface area contributed by atoms with Crippen LogP contribution in [0.5, 0.6) is 5.75 Å². The van der Waals surface area contributed by atoms with Crippen molar-refractivity contribution in [1.29, 1.82) is 0 Å². The number of anilines is 1. The molecule has 1 N–H and O–H groups in total. The Morgan fingerprint density at radius 3 is 2.92 bits per heavy atom. The van der Waals surface area contributed by atoms with Crippen molar-refractivity contribution in [2.45, 2.75) is 6.42 Å². The van der Waals surface area contributed by atoms with E-state index in [1.54, 1.807) is 19.5 Å². The van der Waals surface area contributed by atoms with Crippen LogP contribution in [-0.4, -0.2) is 50.8 Å². The Balaban J connectivity index is 1.55. The summed E-state index contributed by atoms with van der Waals surface area (Å²) in [5.41, 5.74) is 2.67. The molecule has 1 aromatic carbocycles. The highest BCUT2D eigenvalue weighted by Gasteiger charge is 2.14. The average molecular weight is 341 g/mol. The quantitative estimate of drug-likeness (QED) is 0.869. The second-order valence-electron chi connectivity index (χ2n) is 5.89. The first-order valence-corrected chi connectivity index (χ1v) is 8.45. The lowest BCUT2D eigenvalue weighted by Gasteiger charge is -2.28. The van der Waals surface area contributed by atoms with Gasteiger partial charge in [0.2, 0.25) is 0 Å². The van der Waals surface area contributed by atoms with Crippen LogP contribution in [0.25, 0.3) is 0 Å². The summed E-state index contributed by atoms with van der Waals surface area (Å²) >= 11 is 0. The molecule has 2 aromatic rings. The van der Waals surface area contributed by atoms with Crippen LogP contribution in [0.3, 0.4) is 0 Å². The maximum Gasteiger partial charge on any atom is 0.252 e. The fourth-order valence-electron chi connectivity index (χ4n) is 2.80. The second-order valence-corrected chi connectivity index (χ2v) is 5.89. The van der Waals surface area contributed by atoms with E-state index in [2.05, 4.69) is 15.2 Å². The number of methoxy groups -OCH3 is 1. The molecule has 3 rings (SSSR count). The van der Waals surface area contributed by atoms with E-state index in [-0.39, 0.29) is 5.91 Å². The number of carbonyl (C=O) groups excluding carboxylic acids is 1. The summed E-state index contributed by atoms with van der Waals surface area (Å²) in [6, 6.07) is 9.75. The van der Waals surface area contributed by atoms with Gasteiger partial charge in [-0.3, -0.25) is 9.78 Å². The third-order valence-electron chi connectivity index (χ3n) is 4.20. The fourth-order valence-corrected chi connectivity index (χ4v) is 2.80. The molecule has 0 bridgehead atoms. The molecule has 0 saturated carbocycles. The molecule has 0 unspecified atom stereocenters. The Morgan fingerprint density at radius 2 is 2.12 bits per heavy atom. The van der Waals surface area contributed by atoms with Crippen molar-refractivity contribution in [2.75, 3.05) is 44.9 Å². The number of morpholine rings is 1. The third-order valence-corrected chi connectivity index (χ3v) is 4.20. The number of nitrogens with one attached hydrogen (secondary N) is 1. The van der Waals surface area contributed by atoms with Gasteiger partial charge in [-0.15, -0.1) is 0 Å². The van der Waals surface area contributed by atoms with E-state index in [0.29, 0.717) is 25.3 Å². The van der Waals surface area contributed by atoms with Crippen LogP contribution in [0.2, 0.25) is 0 Å². The minimum Gasteiger partial charge on any atom is -0.497 e. The zero-order valence-electron chi connectivity index (χ0n) is 14.4. The van der Waals surface area contributed by atoms with E-state index in [1.165, 1.54) is 0 Å². The molecule has 0 atom stereocenters. The predicted molar refractivity (Wildman–Crippen MR) is 96.3 cm³/mol. The molecule has 2 heterocycles. The Hall–Kier alpha value is -2.60. The van der Waals surface area contributed by atoms with E-state index in [4.69, 9.17) is 9.47 Å². The number of carbonyl (C=O) groups is 1. The van der Waals surface area contributed by atoms with Crippen molar-refractivity contribution < 1.29 is 14.3 Å². The highest BCUT2D eigenvalue weighted by molar-refractivity contribution is 5.94. The Bertz CT molecular complexity index is 715. The molecule has 1 aliphatic rings. The number of hydrogen-bond donors (Lipinski definition) is 1. The van der Waals surface area contributed by atoms with E-state index < -0.39 is 0 Å². The molecule has 132 valence electrons. The van der Waals surface area contributed by atoms with Crippen LogP contribution in [0.15, 0.2) is 42.7 Å². The molecule has 0 radical (unpaired) electrons. The highest BCUT2D eigenvalue weighted by Crippen LogP contribution is 2.16. The maximum atomic E-state index is 12.4. The molecule has 1 saturated heterocycles. The van der Waals surface area contributed by atoms with Gasteiger partial charge in [-0.05, 0) is 30.2 Å². The van der Waals surface area contributed by atoms with Crippen molar-refractivity contribution >= 4 is 11.6 Å². The normalized spacial score (nSPS) is 14.2. The van der Waals surface area contributed by atoms with Crippen molar-refractivity contribution in [3.8, 4) is 5.75 Å². The van der Waals surface area contributed by atoms with E-state index in [0.717, 1.165) is 36.5 Å². The molecule has 0 spiro atoms. The van der Waals surface area contributed by atoms with E-state index >= 15 is 0 Å². The predicted octanol–water partition coefficient (Wildman–Crippen LogP) is 1.90. The summed E-state index contributed by atoms with van der Waals surface area (Å²) in [7, 11) is 1.65. The number of hydrogen-bond acceptors (Lipinski definition) is 5. The van der Waals surface area contributed by atoms with Gasteiger partial charge < -0.3 is 19.7 Å². The Morgan fingerprint density at radius 1 is 1.28 bits per heavy atom. The molecule has 1 fully saturated rings. The van der Waals surface area contributed by atoms with Gasteiger partial charge in [0.05, 0.1) is 37.8 Å². The molecule has 6 nitrogen and oxygen atoms in total. The van der Waals surface area contributed by atoms with E-state index in [9.17, 15) is 4.79 Å². The van der Waals surface area contributed by atoms with Crippen LogP contribution in [0.4, 0.5) is 5.69 Å². The Labute approximate surface area is 147 Å². The summed E-state index contributed by atoms with van der Waals surface area (Å²) in [6.45, 7) is 3.62. The number of ether oxygens (including phenoxy) is 2. The van der Waals surface area contributed by atoms with Crippen LogP contribution < -0.4 is 15.0 Å². The molecular weight excluding hydrogens is 318 g/mol. The number of benzene rings is 1. The number of rotatable bonds is 6. The summed E-state index contributed by atoms with van der Waals surface area (Å²) in [6.07, 6.45) is 4.14. The number of pyridine rings is 1. The van der Waals surface area contributed by atoms with Crippen LogP contribution in [0.1, 0.15) is 15.9 Å². The Kier molecular flexibility index (Phi) is 5.85. The first-order chi connectivity index (χ1) is 12.3. The van der Waals surface area contributed by atoms with Gasteiger partial charge in [0.1, 0.15) is 5.75 Å². The van der Waals surface area contributed by atoms with Gasteiger partial charge in [-0.2, -0.15) is 0 Å². The average Bonchev–Trinajstić information content (AvgIpc) is 2.69. The monoisotopic (exact) mass is 341 g/mol. The zero-order chi connectivity index (χ0) is 17.5. The topological polar surface area (TPSA) is 63.7 Å². The molecule has 6 heteroatoms. The summed E-state index contributed by atoms with van der Waals surface area (Å²) in [5, 5.41) is 2.95. The summed E-state index contributed by atoms with van der Waals surface area (Å²) in [5.74, 6) is 0.719. The van der Waals surface area contributed by atoms with Gasteiger partial charge in [0.15, 0.2) is 0 Å². The van der Waals surface area contributed by atoms with Gasteiger partial charge in [0, 0.05) is 25.8 Å². The smallest absolute Gasteiger partial charge is 0.252 e. The van der Waals surface area contributed by atoms with Gasteiger partial charge in [0.25, 0.3) is 5.91 Å². The lowest BCUT2D eigenvalue weighted by molar-refractivity contribution is 0.0954. The van der Waals surface area contributed by atoms with Crippen molar-refractivity contribution in [3.63, 3.8) is 0 Å². The largest absolute Gasteiger partial charge is 0.497 e. The summed E-state index contributed by atoms with van der Waals surface area (Å²) in [4.78, 5) is 18.8. The molecule has 1 aliphatic heterocycles. The standard InChI is InChI=1S/C19H23N3O3/c1-24-18-4-2-3-15(11-18)5-6-21-19(23)16-12-17(14-20-13-16)22-7-9-25-10-8-22/h2-4,11-14H,5-10H2,1H3,(H,21,23). The van der Waals surface area contributed by atoms with Gasteiger partial charge in [-0.25, -0.2) is 0 Å². The fraction of sp³-hybridized carbons (Fsp3) is 0.368. The first kappa shape index (κ1) is 17.2. The highest BCUT2D eigenvalue weighted by atomic mass is 16.5. The SMILES string of the molecule is COc1cccc(CCNC(=O)c2cncc(N3CCOCC3)c2)c1. The molecule has 1 aromatic heterocycles. The zero-order valence-corrected chi connectivity index (χ0v) is 14.4. The molecule has 0 aliphatic carbocycles. The summed E-state index contributed by atoms with van der Waals surface area (Å²) < 4.78 is 10.6. The third kappa shape index (κ3) is 4.70. The first-order valence-electron chi connectivity index (χ1n) is 8.45. The maximum absolute atomic E-state index is 12.4. The minimum atomic E-state index is -0.106. The lowest BCUT2D eigenvalue weighted by atomic mass is 10.1. The molecule has 1 amide bonds. The van der Waals surface area contributed by atoms with Crippen molar-refractivity contribution in [2.24, 2.45) is 0 Å². The van der Waals surface area contributed by atoms with E-state index in [1.807, 2.05) is 30.3 Å². The van der Waals surface area contributed by atoms with Gasteiger partial charge >= 0.3 is 0 Å². The van der Waals surface area contributed by atoms with Crippen LogP contribution in [-0.2, 0) is 11.2 Å². The second kappa shape index (κ2) is 8.48. The van der Waals surface area contributed by atoms with Crippen molar-refractivity contribution in [3.05, 3.63) is 53.9 Å². The lowest BCUT2D eigenvalue weighted by Crippen LogP contribution is -2.36. The van der Waals surface area contributed by atoms with Gasteiger partial charge in [-0.1, -0.05) is 12.1 Å². The number of amides is 1. The van der Waals surface area contributed by atoms with Crippen molar-refractivity contribution in [1.82, 2.24) is 10.3 Å². The minimum absolute atomic E-state index is 0.106. The molecule has 25 heavy (non-hydrogen) atoms. The van der Waals surface area contributed by atoms with Crippen LogP contribution >= 0.6 is 0 Å². The van der Waals surface area contributed by atoms with Crippen LogP contribution in [0, 0.1) is 0 Å².